The van der Waals surface area contributed by atoms with Crippen LogP contribution >= 0.6 is 0 Å². The van der Waals surface area contributed by atoms with Crippen LogP contribution in [0, 0.1) is 0 Å². The van der Waals surface area contributed by atoms with Crippen molar-refractivity contribution >= 4 is 0 Å². The van der Waals surface area contributed by atoms with Gasteiger partial charge >= 0.3 is 0 Å². The van der Waals surface area contributed by atoms with Gasteiger partial charge in [0, 0.05) is 32.0 Å². The molecule has 0 aromatic carbocycles. The van der Waals surface area contributed by atoms with Gasteiger partial charge in [0.2, 0.25) is 0 Å². The predicted octanol–water partition coefficient (Wildman–Crippen LogP) is 1.13. The zero-order valence-electron chi connectivity index (χ0n) is 10.5. The number of methoxy groups -OCH3 is 1. The molecule has 1 atom stereocenters. The molecule has 16 heavy (non-hydrogen) atoms. The van der Waals surface area contributed by atoms with Gasteiger partial charge in [-0.05, 0) is 26.7 Å². The lowest BCUT2D eigenvalue weighted by Crippen LogP contribution is -2.31. The molecule has 0 radical (unpaired) electrons. The van der Waals surface area contributed by atoms with Gasteiger partial charge in [0.05, 0.1) is 11.8 Å². The van der Waals surface area contributed by atoms with E-state index in [-0.39, 0.29) is 11.6 Å². The van der Waals surface area contributed by atoms with Gasteiger partial charge in [0.1, 0.15) is 0 Å². The van der Waals surface area contributed by atoms with Crippen LogP contribution in [-0.4, -0.2) is 22.5 Å². The molecule has 5 heteroatoms. The van der Waals surface area contributed by atoms with Gasteiger partial charge in [-0.2, -0.15) is 5.10 Å². The standard InChI is InChI=1S/C11H22N4O/c1-11(2,16-4)6-5-10(14-12)9-7-13-15(3)8-9/h7-8,10,14H,5-6,12H2,1-4H3. The van der Waals surface area contributed by atoms with Crippen LogP contribution in [0.15, 0.2) is 12.4 Å². The van der Waals surface area contributed by atoms with Crippen LogP contribution in [0.2, 0.25) is 0 Å². The van der Waals surface area contributed by atoms with Crippen molar-refractivity contribution in [3.63, 3.8) is 0 Å². The van der Waals surface area contributed by atoms with Crippen molar-refractivity contribution in [3.05, 3.63) is 18.0 Å². The quantitative estimate of drug-likeness (QED) is 0.564. The number of aromatic nitrogens is 2. The maximum atomic E-state index is 5.56. The highest BCUT2D eigenvalue weighted by Gasteiger charge is 2.20. The number of ether oxygens (including phenoxy) is 1. The Hall–Kier alpha value is -0.910. The molecule has 1 heterocycles. The van der Waals surface area contributed by atoms with E-state index < -0.39 is 0 Å². The summed E-state index contributed by atoms with van der Waals surface area (Å²) in [5.74, 6) is 5.56. The molecule has 0 amide bonds. The summed E-state index contributed by atoms with van der Waals surface area (Å²) < 4.78 is 7.16. The minimum absolute atomic E-state index is 0.114. The van der Waals surface area contributed by atoms with Crippen molar-refractivity contribution < 1.29 is 4.74 Å². The number of nitrogens with one attached hydrogen (secondary N) is 1. The fraction of sp³-hybridized carbons (Fsp3) is 0.727. The van der Waals surface area contributed by atoms with Crippen LogP contribution < -0.4 is 11.3 Å². The number of hydrazine groups is 1. The van der Waals surface area contributed by atoms with Crippen LogP contribution in [0.5, 0.6) is 0 Å². The number of nitrogens with zero attached hydrogens (tertiary/aromatic N) is 2. The van der Waals surface area contributed by atoms with E-state index in [9.17, 15) is 0 Å². The smallest absolute Gasteiger partial charge is 0.0623 e. The average Bonchev–Trinajstić information content (AvgIpc) is 2.66. The third-order valence-electron chi connectivity index (χ3n) is 2.92. The third-order valence-corrected chi connectivity index (χ3v) is 2.92. The predicted molar refractivity (Wildman–Crippen MR) is 63.6 cm³/mol. The van der Waals surface area contributed by atoms with Crippen LogP contribution in [0.4, 0.5) is 0 Å². The Morgan fingerprint density at radius 2 is 2.31 bits per heavy atom. The molecule has 0 aliphatic rings. The Morgan fingerprint density at radius 1 is 1.62 bits per heavy atom. The average molecular weight is 226 g/mol. The normalized spacial score (nSPS) is 14.1. The van der Waals surface area contributed by atoms with E-state index in [0.29, 0.717) is 0 Å². The Morgan fingerprint density at radius 3 is 2.75 bits per heavy atom. The minimum atomic E-state index is -0.114. The fourth-order valence-electron chi connectivity index (χ4n) is 1.56. The molecular formula is C11H22N4O. The monoisotopic (exact) mass is 226 g/mol. The molecule has 5 nitrogen and oxygen atoms in total. The second-order valence-corrected chi connectivity index (χ2v) is 4.67. The summed E-state index contributed by atoms with van der Waals surface area (Å²) >= 11 is 0. The van der Waals surface area contributed by atoms with E-state index in [1.807, 2.05) is 19.4 Å². The summed E-state index contributed by atoms with van der Waals surface area (Å²) in [6.45, 7) is 4.15. The summed E-state index contributed by atoms with van der Waals surface area (Å²) in [7, 11) is 3.63. The fourth-order valence-corrected chi connectivity index (χ4v) is 1.56. The first-order valence-electron chi connectivity index (χ1n) is 5.48. The van der Waals surface area contributed by atoms with Crippen LogP contribution in [0.3, 0.4) is 0 Å². The van der Waals surface area contributed by atoms with Crippen molar-refractivity contribution in [2.24, 2.45) is 12.9 Å². The maximum Gasteiger partial charge on any atom is 0.0623 e. The van der Waals surface area contributed by atoms with Crippen molar-refractivity contribution in [1.29, 1.82) is 0 Å². The summed E-state index contributed by atoms with van der Waals surface area (Å²) in [5.41, 5.74) is 3.81. The maximum absolute atomic E-state index is 5.56. The van der Waals surface area contributed by atoms with Gasteiger partial charge in [-0.3, -0.25) is 16.0 Å². The lowest BCUT2D eigenvalue weighted by Gasteiger charge is -2.25. The second kappa shape index (κ2) is 5.43. The highest BCUT2D eigenvalue weighted by molar-refractivity contribution is 5.09. The lowest BCUT2D eigenvalue weighted by molar-refractivity contribution is 0.0117. The highest BCUT2D eigenvalue weighted by atomic mass is 16.5. The molecule has 3 N–H and O–H groups in total. The van der Waals surface area contributed by atoms with E-state index in [1.165, 1.54) is 0 Å². The Labute approximate surface area is 96.9 Å². The Kier molecular flexibility index (Phi) is 4.46. The first-order chi connectivity index (χ1) is 7.48. The van der Waals surface area contributed by atoms with E-state index >= 15 is 0 Å². The van der Waals surface area contributed by atoms with Gasteiger partial charge in [0.25, 0.3) is 0 Å². The zero-order chi connectivity index (χ0) is 12.2. The Balaban J connectivity index is 2.56. The molecule has 0 saturated carbocycles. The summed E-state index contributed by atoms with van der Waals surface area (Å²) in [6, 6.07) is 0.128. The van der Waals surface area contributed by atoms with E-state index in [1.54, 1.807) is 11.8 Å². The number of hydrogen-bond donors (Lipinski definition) is 2. The number of aryl methyl sites for hydroxylation is 1. The van der Waals surface area contributed by atoms with Crippen molar-refractivity contribution in [2.45, 2.75) is 38.3 Å². The second-order valence-electron chi connectivity index (χ2n) is 4.67. The third kappa shape index (κ3) is 3.59. The van der Waals surface area contributed by atoms with Crippen molar-refractivity contribution in [1.82, 2.24) is 15.2 Å². The topological polar surface area (TPSA) is 65.1 Å². The molecule has 92 valence electrons. The number of rotatable bonds is 6. The molecule has 0 spiro atoms. The van der Waals surface area contributed by atoms with E-state index in [0.717, 1.165) is 18.4 Å². The molecule has 0 fully saturated rings. The summed E-state index contributed by atoms with van der Waals surface area (Å²) in [5, 5.41) is 4.14. The Bertz CT molecular complexity index is 322. The van der Waals surface area contributed by atoms with E-state index in [2.05, 4.69) is 24.4 Å². The first kappa shape index (κ1) is 13.2. The zero-order valence-corrected chi connectivity index (χ0v) is 10.5. The van der Waals surface area contributed by atoms with Gasteiger partial charge in [-0.25, -0.2) is 0 Å². The molecule has 1 unspecified atom stereocenters. The molecule has 0 aliphatic heterocycles. The van der Waals surface area contributed by atoms with E-state index in [4.69, 9.17) is 10.6 Å². The number of nitrogens with two attached hydrogens (primary N) is 1. The van der Waals surface area contributed by atoms with Gasteiger partial charge < -0.3 is 4.74 Å². The molecule has 0 bridgehead atoms. The SMILES string of the molecule is COC(C)(C)CCC(NN)c1cnn(C)c1. The largest absolute Gasteiger partial charge is 0.379 e. The van der Waals surface area contributed by atoms with Crippen LogP contribution in [0.1, 0.15) is 38.3 Å². The first-order valence-corrected chi connectivity index (χ1v) is 5.48. The lowest BCUT2D eigenvalue weighted by atomic mass is 9.97. The minimum Gasteiger partial charge on any atom is -0.379 e. The molecule has 0 aliphatic carbocycles. The van der Waals surface area contributed by atoms with Crippen molar-refractivity contribution in [2.75, 3.05) is 7.11 Å². The number of hydrogen-bond acceptors (Lipinski definition) is 4. The van der Waals surface area contributed by atoms with Crippen LogP contribution in [-0.2, 0) is 11.8 Å². The molecular weight excluding hydrogens is 204 g/mol. The van der Waals surface area contributed by atoms with Gasteiger partial charge in [0.15, 0.2) is 0 Å². The molecule has 1 aromatic rings. The van der Waals surface area contributed by atoms with Crippen molar-refractivity contribution in [3.8, 4) is 0 Å². The molecule has 0 saturated heterocycles. The molecule has 1 aromatic heterocycles. The summed E-state index contributed by atoms with van der Waals surface area (Å²) in [4.78, 5) is 0. The van der Waals surface area contributed by atoms with Crippen LogP contribution in [0.25, 0.3) is 0 Å². The summed E-state index contributed by atoms with van der Waals surface area (Å²) in [6.07, 6.45) is 5.67. The highest BCUT2D eigenvalue weighted by Crippen LogP contribution is 2.23. The molecule has 1 rings (SSSR count). The van der Waals surface area contributed by atoms with Gasteiger partial charge in [-0.15, -0.1) is 0 Å². The van der Waals surface area contributed by atoms with Gasteiger partial charge in [-0.1, -0.05) is 0 Å².